The zero-order chi connectivity index (χ0) is 13.0. The van der Waals surface area contributed by atoms with Crippen LogP contribution in [0.4, 0.5) is 0 Å². The summed E-state index contributed by atoms with van der Waals surface area (Å²) in [5, 5.41) is 4.33. The molecule has 1 N–H and O–H groups in total. The topological polar surface area (TPSA) is 18.5 Å². The van der Waals surface area contributed by atoms with Gasteiger partial charge in [-0.2, -0.15) is 0 Å². The minimum absolute atomic E-state index is 0.655. The van der Waals surface area contributed by atoms with Crippen LogP contribution in [0.3, 0.4) is 0 Å². The minimum Gasteiger partial charge on any atom is -0.362 e. The molecule has 1 aliphatic heterocycles. The molecule has 0 atom stereocenters. The van der Waals surface area contributed by atoms with Gasteiger partial charge in [-0.15, -0.1) is 0 Å². The summed E-state index contributed by atoms with van der Waals surface area (Å²) in [5.41, 5.74) is 0. The molecule has 2 aliphatic rings. The number of thiocarbonyl (C=S) groups is 1. The van der Waals surface area contributed by atoms with Crippen molar-refractivity contribution in [2.24, 2.45) is 5.92 Å². The Bertz CT molecular complexity index is 266. The highest BCUT2D eigenvalue weighted by Crippen LogP contribution is 2.24. The summed E-state index contributed by atoms with van der Waals surface area (Å²) >= 11 is 5.46. The fourth-order valence-corrected chi connectivity index (χ4v) is 3.23. The Labute approximate surface area is 117 Å². The number of hydrogen-bond acceptors (Lipinski definition) is 2. The highest BCUT2D eigenvalue weighted by atomic mass is 32.1. The molecule has 104 valence electrons. The summed E-state index contributed by atoms with van der Waals surface area (Å²) in [5.74, 6) is 0.655. The van der Waals surface area contributed by atoms with Crippen LogP contribution in [-0.2, 0) is 0 Å². The number of nitrogens with one attached hydrogen (secondary N) is 1. The van der Waals surface area contributed by atoms with Crippen molar-refractivity contribution in [2.45, 2.75) is 45.6 Å². The molecular weight excluding hydrogens is 242 g/mol. The number of rotatable bonds is 3. The Morgan fingerprint density at radius 2 is 1.78 bits per heavy atom. The van der Waals surface area contributed by atoms with Gasteiger partial charge >= 0.3 is 0 Å². The van der Waals surface area contributed by atoms with Gasteiger partial charge in [-0.3, -0.25) is 4.90 Å². The Morgan fingerprint density at radius 1 is 1.17 bits per heavy atom. The van der Waals surface area contributed by atoms with Crippen molar-refractivity contribution in [1.29, 1.82) is 0 Å². The Balaban J connectivity index is 1.70. The first-order chi connectivity index (χ1) is 8.66. The van der Waals surface area contributed by atoms with E-state index in [1.807, 2.05) is 0 Å². The molecule has 0 bridgehead atoms. The third kappa shape index (κ3) is 3.82. The highest BCUT2D eigenvalue weighted by molar-refractivity contribution is 7.80. The molecule has 0 aromatic heterocycles. The monoisotopic (exact) mass is 269 g/mol. The van der Waals surface area contributed by atoms with Crippen molar-refractivity contribution < 1.29 is 0 Å². The van der Waals surface area contributed by atoms with Crippen LogP contribution in [0.5, 0.6) is 0 Å². The fourth-order valence-electron chi connectivity index (χ4n) is 2.96. The lowest BCUT2D eigenvalue weighted by molar-refractivity contribution is 0.133. The Kier molecular flexibility index (Phi) is 5.25. The molecule has 0 radical (unpaired) electrons. The van der Waals surface area contributed by atoms with Crippen molar-refractivity contribution in [3.8, 4) is 0 Å². The van der Waals surface area contributed by atoms with Crippen molar-refractivity contribution >= 4 is 17.3 Å². The molecule has 18 heavy (non-hydrogen) atoms. The fraction of sp³-hybridized carbons (Fsp3) is 0.929. The molecule has 0 unspecified atom stereocenters. The van der Waals surface area contributed by atoms with Crippen LogP contribution in [0.15, 0.2) is 0 Å². The average molecular weight is 269 g/mol. The van der Waals surface area contributed by atoms with Crippen molar-refractivity contribution in [3.63, 3.8) is 0 Å². The molecule has 0 amide bonds. The van der Waals surface area contributed by atoms with E-state index >= 15 is 0 Å². The standard InChI is InChI=1S/C14H27N3S/c1-12(2)11-15-14(18)17-9-7-16(8-10-17)13-5-3-4-6-13/h12-13H,3-11H2,1-2H3,(H,15,18). The molecular formula is C14H27N3S. The molecule has 3 nitrogen and oxygen atoms in total. The third-order valence-electron chi connectivity index (χ3n) is 4.10. The molecule has 0 aromatic carbocycles. The molecule has 1 saturated carbocycles. The maximum Gasteiger partial charge on any atom is 0.169 e. The average Bonchev–Trinajstić information content (AvgIpc) is 2.90. The second-order valence-electron chi connectivity index (χ2n) is 6.04. The van der Waals surface area contributed by atoms with E-state index in [4.69, 9.17) is 12.2 Å². The van der Waals surface area contributed by atoms with Crippen molar-refractivity contribution in [1.82, 2.24) is 15.1 Å². The van der Waals surface area contributed by atoms with E-state index in [9.17, 15) is 0 Å². The van der Waals surface area contributed by atoms with Gasteiger partial charge in [0.15, 0.2) is 5.11 Å². The lowest BCUT2D eigenvalue weighted by atomic mass is 10.2. The highest BCUT2D eigenvalue weighted by Gasteiger charge is 2.26. The summed E-state index contributed by atoms with van der Waals surface area (Å²) in [4.78, 5) is 5.01. The van der Waals surface area contributed by atoms with Crippen LogP contribution in [0.25, 0.3) is 0 Å². The van der Waals surface area contributed by atoms with E-state index in [1.54, 1.807) is 0 Å². The van der Waals surface area contributed by atoms with E-state index < -0.39 is 0 Å². The SMILES string of the molecule is CC(C)CNC(=S)N1CCN(C2CCCC2)CC1. The first-order valence-corrected chi connectivity index (χ1v) is 7.84. The summed E-state index contributed by atoms with van der Waals surface area (Å²) in [6.45, 7) is 9.99. The van der Waals surface area contributed by atoms with Gasteiger partial charge in [-0.1, -0.05) is 26.7 Å². The van der Waals surface area contributed by atoms with Crippen LogP contribution >= 0.6 is 12.2 Å². The minimum atomic E-state index is 0.655. The maximum absolute atomic E-state index is 5.46. The van der Waals surface area contributed by atoms with Crippen molar-refractivity contribution in [2.75, 3.05) is 32.7 Å². The van der Waals surface area contributed by atoms with Gasteiger partial charge in [0.1, 0.15) is 0 Å². The van der Waals surface area contributed by atoms with Gasteiger partial charge in [0.25, 0.3) is 0 Å². The lowest BCUT2D eigenvalue weighted by Crippen LogP contribution is -2.54. The number of piperazine rings is 1. The third-order valence-corrected chi connectivity index (χ3v) is 4.51. The summed E-state index contributed by atoms with van der Waals surface area (Å²) in [6, 6.07) is 0.865. The summed E-state index contributed by atoms with van der Waals surface area (Å²) < 4.78 is 0. The van der Waals surface area contributed by atoms with Gasteiger partial charge in [0, 0.05) is 38.8 Å². The van der Waals surface area contributed by atoms with Crippen LogP contribution in [0.1, 0.15) is 39.5 Å². The van der Waals surface area contributed by atoms with Gasteiger partial charge < -0.3 is 10.2 Å². The summed E-state index contributed by atoms with van der Waals surface area (Å²) in [6.07, 6.45) is 5.69. The first kappa shape index (κ1) is 14.1. The van der Waals surface area contributed by atoms with E-state index in [0.29, 0.717) is 5.92 Å². The quantitative estimate of drug-likeness (QED) is 0.790. The maximum atomic E-state index is 5.46. The smallest absolute Gasteiger partial charge is 0.169 e. The van der Waals surface area contributed by atoms with Crippen molar-refractivity contribution in [3.05, 3.63) is 0 Å². The Morgan fingerprint density at radius 3 is 2.33 bits per heavy atom. The Hall–Kier alpha value is -0.350. The van der Waals surface area contributed by atoms with Crippen LogP contribution < -0.4 is 5.32 Å². The normalized spacial score (nSPS) is 22.7. The lowest BCUT2D eigenvalue weighted by Gasteiger charge is -2.39. The number of nitrogens with zero attached hydrogens (tertiary/aromatic N) is 2. The first-order valence-electron chi connectivity index (χ1n) is 7.43. The molecule has 2 fully saturated rings. The van der Waals surface area contributed by atoms with Crippen LogP contribution in [0.2, 0.25) is 0 Å². The van der Waals surface area contributed by atoms with Crippen LogP contribution in [0, 0.1) is 5.92 Å². The van der Waals surface area contributed by atoms with Gasteiger partial charge in [0.2, 0.25) is 0 Å². The van der Waals surface area contributed by atoms with E-state index in [2.05, 4.69) is 29.0 Å². The second kappa shape index (κ2) is 6.71. The molecule has 1 heterocycles. The van der Waals surface area contributed by atoms with Gasteiger partial charge in [0.05, 0.1) is 0 Å². The second-order valence-corrected chi connectivity index (χ2v) is 6.43. The molecule has 4 heteroatoms. The van der Waals surface area contributed by atoms with Gasteiger partial charge in [-0.25, -0.2) is 0 Å². The van der Waals surface area contributed by atoms with Gasteiger partial charge in [-0.05, 0) is 31.0 Å². The molecule has 1 saturated heterocycles. The zero-order valence-electron chi connectivity index (χ0n) is 11.8. The molecule has 1 aliphatic carbocycles. The molecule has 2 rings (SSSR count). The predicted molar refractivity (Wildman–Crippen MR) is 80.8 cm³/mol. The van der Waals surface area contributed by atoms with E-state index in [-0.39, 0.29) is 0 Å². The van der Waals surface area contributed by atoms with Crippen LogP contribution in [-0.4, -0.2) is 53.7 Å². The van der Waals surface area contributed by atoms with E-state index in [0.717, 1.165) is 30.8 Å². The zero-order valence-corrected chi connectivity index (χ0v) is 12.6. The number of hydrogen-bond donors (Lipinski definition) is 1. The summed E-state index contributed by atoms with van der Waals surface area (Å²) in [7, 11) is 0. The van der Waals surface area contributed by atoms with E-state index in [1.165, 1.54) is 38.8 Å². The molecule has 0 aromatic rings. The molecule has 0 spiro atoms. The predicted octanol–water partition coefficient (Wildman–Crippen LogP) is 2.08. The largest absolute Gasteiger partial charge is 0.362 e.